The van der Waals surface area contributed by atoms with E-state index in [2.05, 4.69) is 21.2 Å². The molecular weight excluding hydrogens is 389 g/mol. The molecule has 2 aromatic rings. The summed E-state index contributed by atoms with van der Waals surface area (Å²) in [4.78, 5) is 12.3. The monoisotopic (exact) mass is 407 g/mol. The molecular formula is C17H19BBrNO3S. The fourth-order valence-corrected chi connectivity index (χ4v) is 3.51. The summed E-state index contributed by atoms with van der Waals surface area (Å²) >= 11 is 4.85. The Morgan fingerprint density at radius 1 is 1.17 bits per heavy atom. The van der Waals surface area contributed by atoms with Crippen molar-refractivity contribution < 1.29 is 14.1 Å². The van der Waals surface area contributed by atoms with Gasteiger partial charge in [-0.3, -0.25) is 4.79 Å². The van der Waals surface area contributed by atoms with Crippen LogP contribution in [0.1, 0.15) is 38.1 Å². The first-order chi connectivity index (χ1) is 11.2. The molecule has 0 aliphatic carbocycles. The summed E-state index contributed by atoms with van der Waals surface area (Å²) in [7, 11) is -0.442. The molecule has 1 aliphatic heterocycles. The highest BCUT2D eigenvalue weighted by molar-refractivity contribution is 9.11. The largest absolute Gasteiger partial charge is 0.494 e. The lowest BCUT2D eigenvalue weighted by Crippen LogP contribution is -2.41. The first kappa shape index (κ1) is 17.7. The maximum absolute atomic E-state index is 12.3. The number of rotatable bonds is 3. The van der Waals surface area contributed by atoms with Crippen LogP contribution in [0.5, 0.6) is 0 Å². The van der Waals surface area contributed by atoms with Crippen molar-refractivity contribution in [2.75, 3.05) is 5.32 Å². The molecule has 0 unspecified atom stereocenters. The first-order valence-electron chi connectivity index (χ1n) is 7.69. The van der Waals surface area contributed by atoms with Gasteiger partial charge in [-0.25, -0.2) is 0 Å². The zero-order valence-electron chi connectivity index (χ0n) is 14.1. The number of anilines is 1. The number of hydrogen-bond donors (Lipinski definition) is 1. The smallest absolute Gasteiger partial charge is 0.399 e. The van der Waals surface area contributed by atoms with Crippen molar-refractivity contribution in [3.8, 4) is 0 Å². The molecule has 2 heterocycles. The minimum atomic E-state index is -0.442. The highest BCUT2D eigenvalue weighted by Crippen LogP contribution is 2.36. The fourth-order valence-electron chi connectivity index (χ4n) is 2.37. The number of carbonyl (C=O) groups is 1. The van der Waals surface area contributed by atoms with E-state index < -0.39 is 7.12 Å². The second kappa shape index (κ2) is 6.30. The van der Waals surface area contributed by atoms with E-state index in [1.54, 1.807) is 6.07 Å². The standard InChI is InChI=1S/C17H19BBrNO3S/c1-16(2)17(3,4)23-18(22-16)12-6-5-7-13(9-12)20-15(21)11-8-14(19)24-10-11/h5-10H,1-4H3,(H,20,21). The van der Waals surface area contributed by atoms with Gasteiger partial charge in [-0.1, -0.05) is 12.1 Å². The molecule has 1 N–H and O–H groups in total. The Kier molecular flexibility index (Phi) is 4.64. The summed E-state index contributed by atoms with van der Waals surface area (Å²) in [6.07, 6.45) is 0. The Morgan fingerprint density at radius 3 is 2.42 bits per heavy atom. The van der Waals surface area contributed by atoms with Gasteiger partial charge in [0.15, 0.2) is 0 Å². The van der Waals surface area contributed by atoms with E-state index in [0.717, 1.165) is 14.9 Å². The van der Waals surface area contributed by atoms with E-state index >= 15 is 0 Å². The van der Waals surface area contributed by atoms with Gasteiger partial charge in [0.1, 0.15) is 0 Å². The number of thiophene rings is 1. The zero-order chi connectivity index (χ0) is 17.5. The Labute approximate surface area is 154 Å². The normalized spacial score (nSPS) is 18.6. The van der Waals surface area contributed by atoms with E-state index in [4.69, 9.17) is 9.31 Å². The predicted octanol–water partition coefficient (Wildman–Crippen LogP) is 4.06. The number of nitrogens with one attached hydrogen (secondary N) is 1. The quantitative estimate of drug-likeness (QED) is 0.780. The molecule has 1 amide bonds. The van der Waals surface area contributed by atoms with Crippen LogP contribution in [0, 0.1) is 0 Å². The van der Waals surface area contributed by atoms with Gasteiger partial charge in [0.05, 0.1) is 20.6 Å². The van der Waals surface area contributed by atoms with Gasteiger partial charge < -0.3 is 14.6 Å². The van der Waals surface area contributed by atoms with Crippen molar-refractivity contribution in [3.63, 3.8) is 0 Å². The molecule has 0 radical (unpaired) electrons. The summed E-state index contributed by atoms with van der Waals surface area (Å²) in [6.45, 7) is 8.08. The van der Waals surface area contributed by atoms with Gasteiger partial charge >= 0.3 is 7.12 Å². The molecule has 0 saturated carbocycles. The average Bonchev–Trinajstić information content (AvgIpc) is 3.01. The van der Waals surface area contributed by atoms with E-state index in [0.29, 0.717) is 5.56 Å². The van der Waals surface area contributed by atoms with E-state index in [-0.39, 0.29) is 17.1 Å². The maximum atomic E-state index is 12.3. The molecule has 7 heteroatoms. The minimum Gasteiger partial charge on any atom is -0.399 e. The molecule has 1 aliphatic rings. The van der Waals surface area contributed by atoms with Crippen LogP contribution in [0.2, 0.25) is 0 Å². The third-order valence-electron chi connectivity index (χ3n) is 4.50. The summed E-state index contributed by atoms with van der Waals surface area (Å²) in [5.74, 6) is -0.136. The van der Waals surface area contributed by atoms with Crippen LogP contribution >= 0.6 is 27.3 Å². The van der Waals surface area contributed by atoms with Crippen LogP contribution in [0.3, 0.4) is 0 Å². The molecule has 1 aromatic carbocycles. The Balaban J connectivity index is 1.77. The van der Waals surface area contributed by atoms with Crippen molar-refractivity contribution in [2.45, 2.75) is 38.9 Å². The van der Waals surface area contributed by atoms with Crippen molar-refractivity contribution in [1.29, 1.82) is 0 Å². The molecule has 0 bridgehead atoms. The molecule has 0 spiro atoms. The van der Waals surface area contributed by atoms with Gasteiger partial charge in [-0.2, -0.15) is 0 Å². The molecule has 126 valence electrons. The number of benzene rings is 1. The molecule has 1 saturated heterocycles. The van der Waals surface area contributed by atoms with Crippen LogP contribution in [-0.2, 0) is 9.31 Å². The lowest BCUT2D eigenvalue weighted by molar-refractivity contribution is 0.00578. The van der Waals surface area contributed by atoms with Crippen molar-refractivity contribution >= 4 is 51.4 Å². The highest BCUT2D eigenvalue weighted by atomic mass is 79.9. The summed E-state index contributed by atoms with van der Waals surface area (Å²) in [5, 5.41) is 4.73. The fraction of sp³-hybridized carbons (Fsp3) is 0.353. The van der Waals surface area contributed by atoms with Crippen molar-refractivity contribution in [3.05, 3.63) is 45.1 Å². The van der Waals surface area contributed by atoms with Crippen LogP contribution in [0.15, 0.2) is 39.5 Å². The summed E-state index contributed by atoms with van der Waals surface area (Å²) < 4.78 is 13.0. The second-order valence-corrected chi connectivity index (χ2v) is 9.10. The van der Waals surface area contributed by atoms with Gasteiger partial charge in [0.25, 0.3) is 5.91 Å². The third kappa shape index (κ3) is 3.44. The van der Waals surface area contributed by atoms with Crippen molar-refractivity contribution in [1.82, 2.24) is 0 Å². The Bertz CT molecular complexity index is 759. The van der Waals surface area contributed by atoms with Crippen LogP contribution < -0.4 is 10.8 Å². The van der Waals surface area contributed by atoms with Gasteiger partial charge in [0.2, 0.25) is 0 Å². The van der Waals surface area contributed by atoms with E-state index in [9.17, 15) is 4.79 Å². The lowest BCUT2D eigenvalue weighted by Gasteiger charge is -2.32. The maximum Gasteiger partial charge on any atom is 0.494 e. The molecule has 0 atom stereocenters. The topological polar surface area (TPSA) is 47.6 Å². The molecule has 4 nitrogen and oxygen atoms in total. The minimum absolute atomic E-state index is 0.136. The third-order valence-corrected chi connectivity index (χ3v) is 6.00. The number of halogens is 1. The Morgan fingerprint density at radius 2 is 1.83 bits per heavy atom. The van der Waals surface area contributed by atoms with Crippen LogP contribution in [0.25, 0.3) is 0 Å². The number of hydrogen-bond acceptors (Lipinski definition) is 4. The molecule has 1 fully saturated rings. The SMILES string of the molecule is CC1(C)OB(c2cccc(NC(=O)c3csc(Br)c3)c2)OC1(C)C. The predicted molar refractivity (Wildman–Crippen MR) is 102 cm³/mol. The summed E-state index contributed by atoms with van der Waals surface area (Å²) in [6, 6.07) is 9.38. The molecule has 1 aromatic heterocycles. The van der Waals surface area contributed by atoms with Crippen molar-refractivity contribution in [2.24, 2.45) is 0 Å². The number of amides is 1. The first-order valence-corrected chi connectivity index (χ1v) is 9.36. The highest BCUT2D eigenvalue weighted by Gasteiger charge is 2.51. The van der Waals surface area contributed by atoms with Crippen LogP contribution in [0.4, 0.5) is 5.69 Å². The van der Waals surface area contributed by atoms with Crippen LogP contribution in [-0.4, -0.2) is 24.2 Å². The zero-order valence-corrected chi connectivity index (χ0v) is 16.5. The average molecular weight is 408 g/mol. The van der Waals surface area contributed by atoms with Gasteiger partial charge in [0, 0.05) is 11.1 Å². The van der Waals surface area contributed by atoms with E-state index in [1.807, 2.05) is 57.3 Å². The lowest BCUT2D eigenvalue weighted by atomic mass is 9.79. The van der Waals surface area contributed by atoms with Gasteiger partial charge in [-0.05, 0) is 67.3 Å². The Hall–Kier alpha value is -1.15. The van der Waals surface area contributed by atoms with Gasteiger partial charge in [-0.15, -0.1) is 11.3 Å². The summed E-state index contributed by atoms with van der Waals surface area (Å²) in [5.41, 5.74) is 1.46. The van der Waals surface area contributed by atoms with E-state index in [1.165, 1.54) is 11.3 Å². The molecule has 24 heavy (non-hydrogen) atoms. The second-order valence-electron chi connectivity index (χ2n) is 6.81. The molecule has 3 rings (SSSR count). The number of carbonyl (C=O) groups excluding carboxylic acids is 1.